The zero-order valence-corrected chi connectivity index (χ0v) is 21.1. The summed E-state index contributed by atoms with van der Waals surface area (Å²) in [4.78, 5) is 0. The molecule has 0 spiro atoms. The molecule has 0 aromatic rings. The van der Waals surface area contributed by atoms with Gasteiger partial charge in [0, 0.05) is 12.6 Å². The van der Waals surface area contributed by atoms with Crippen molar-refractivity contribution in [3.63, 3.8) is 0 Å². The summed E-state index contributed by atoms with van der Waals surface area (Å²) in [5.41, 5.74) is -0.803. The molecule has 0 N–H and O–H groups in total. The summed E-state index contributed by atoms with van der Waals surface area (Å²) < 4.78 is 25.1. The molecule has 1 radical (unpaired) electrons. The summed E-state index contributed by atoms with van der Waals surface area (Å²) >= 11 is 0. The highest BCUT2D eigenvalue weighted by Gasteiger charge is 2.58. The fourth-order valence-corrected chi connectivity index (χ4v) is 4.86. The van der Waals surface area contributed by atoms with Crippen molar-refractivity contribution < 1.29 is 23.8 Å². The lowest BCUT2D eigenvalue weighted by Gasteiger charge is -2.35. The Hall–Kier alpha value is -0.370. The molecule has 3 rings (SSSR count). The van der Waals surface area contributed by atoms with Gasteiger partial charge in [0.05, 0.1) is 33.5 Å². The molecular formula is C22H40B2NO5. The highest BCUT2D eigenvalue weighted by molar-refractivity contribution is 6.47. The van der Waals surface area contributed by atoms with Crippen LogP contribution in [0.15, 0.2) is 11.1 Å². The zero-order valence-electron chi connectivity index (χ0n) is 21.1. The molecule has 2 saturated heterocycles. The number of nitrogens with zero attached hydrogens (tertiary/aromatic N) is 1. The van der Waals surface area contributed by atoms with Crippen molar-refractivity contribution in [2.75, 3.05) is 0 Å². The molecule has 0 saturated carbocycles. The Balaban J connectivity index is 1.93. The van der Waals surface area contributed by atoms with Gasteiger partial charge in [-0.15, -0.1) is 10.3 Å². The third-order valence-electron chi connectivity index (χ3n) is 8.20. The second-order valence-electron chi connectivity index (χ2n) is 12.1. The minimum atomic E-state index is -0.661. The lowest BCUT2D eigenvalue weighted by Crippen LogP contribution is -2.48. The normalized spacial score (nSPS) is 31.1. The maximum atomic E-state index is 13.3. The van der Waals surface area contributed by atoms with Gasteiger partial charge in [0.1, 0.15) is 0 Å². The van der Waals surface area contributed by atoms with Crippen molar-refractivity contribution in [3.8, 4) is 0 Å². The van der Waals surface area contributed by atoms with Gasteiger partial charge in [-0.2, -0.15) is 0 Å². The summed E-state index contributed by atoms with van der Waals surface area (Å²) in [6, 6.07) is 0. The van der Waals surface area contributed by atoms with E-state index in [4.69, 9.17) is 18.6 Å². The van der Waals surface area contributed by atoms with Gasteiger partial charge in [0.15, 0.2) is 0 Å². The topological polar surface area (TPSA) is 60.1 Å². The van der Waals surface area contributed by atoms with Crippen LogP contribution in [0.4, 0.5) is 0 Å². The smallest absolute Gasteiger partial charge is 0.403 e. The molecule has 169 valence electrons. The number of hydrogen-bond acceptors (Lipinski definition) is 5. The first-order valence-corrected chi connectivity index (χ1v) is 11.2. The van der Waals surface area contributed by atoms with E-state index in [-0.39, 0.29) is 14.2 Å². The fourth-order valence-electron chi connectivity index (χ4n) is 4.86. The van der Waals surface area contributed by atoms with Gasteiger partial charge >= 0.3 is 14.2 Å². The zero-order chi connectivity index (χ0) is 23.1. The van der Waals surface area contributed by atoms with Gasteiger partial charge in [0.2, 0.25) is 0 Å². The first-order valence-electron chi connectivity index (χ1n) is 11.2. The molecule has 6 nitrogen and oxygen atoms in total. The SMILES string of the molecule is CC1(C)C(CB2OC(C)(C)C(C)(C)O2)=C(CB2OC(C)(C)C(C)(C)O2)C(C)(C)N1[O]. The van der Waals surface area contributed by atoms with E-state index in [2.05, 4.69) is 55.4 Å². The first kappa shape index (κ1) is 24.3. The Morgan fingerprint density at radius 3 is 1.03 bits per heavy atom. The Morgan fingerprint density at radius 2 is 0.800 bits per heavy atom. The van der Waals surface area contributed by atoms with Gasteiger partial charge < -0.3 is 18.6 Å². The van der Waals surface area contributed by atoms with Gasteiger partial charge in [-0.3, -0.25) is 0 Å². The summed E-state index contributed by atoms with van der Waals surface area (Å²) in [5.74, 6) is 0. The van der Waals surface area contributed by atoms with Crippen LogP contribution in [0.2, 0.25) is 12.6 Å². The van der Waals surface area contributed by atoms with Crippen LogP contribution in [0.1, 0.15) is 83.1 Å². The third kappa shape index (κ3) is 3.61. The lowest BCUT2D eigenvalue weighted by atomic mass is 9.68. The molecule has 3 heterocycles. The van der Waals surface area contributed by atoms with E-state index in [0.717, 1.165) is 11.1 Å². The molecule has 30 heavy (non-hydrogen) atoms. The highest BCUT2D eigenvalue weighted by Crippen LogP contribution is 2.51. The minimum Gasteiger partial charge on any atom is -0.403 e. The van der Waals surface area contributed by atoms with Gasteiger partial charge in [0.25, 0.3) is 0 Å². The van der Waals surface area contributed by atoms with Crippen LogP contribution in [0, 0.1) is 0 Å². The van der Waals surface area contributed by atoms with Gasteiger partial charge in [-0.25, -0.2) is 0 Å². The number of hydrogen-bond donors (Lipinski definition) is 0. The van der Waals surface area contributed by atoms with E-state index in [1.54, 1.807) is 0 Å². The monoisotopic (exact) mass is 420 g/mol. The number of hydroxylamine groups is 2. The van der Waals surface area contributed by atoms with Crippen LogP contribution in [0.5, 0.6) is 0 Å². The van der Waals surface area contributed by atoms with Crippen LogP contribution in [0.3, 0.4) is 0 Å². The van der Waals surface area contributed by atoms with E-state index in [1.807, 2.05) is 27.7 Å². The second-order valence-corrected chi connectivity index (χ2v) is 12.1. The predicted octanol–water partition coefficient (Wildman–Crippen LogP) is 4.69. The van der Waals surface area contributed by atoms with Crippen LogP contribution in [-0.2, 0) is 23.8 Å². The summed E-state index contributed by atoms with van der Waals surface area (Å²) in [7, 11) is -0.778. The lowest BCUT2D eigenvalue weighted by molar-refractivity contribution is -0.240. The second kappa shape index (κ2) is 6.82. The quantitative estimate of drug-likeness (QED) is 0.488. The van der Waals surface area contributed by atoms with Crippen molar-refractivity contribution in [2.45, 2.75) is 129 Å². The molecule has 0 unspecified atom stereocenters. The highest BCUT2D eigenvalue weighted by atomic mass is 16.7. The molecule has 3 aliphatic rings. The molecule has 0 aromatic carbocycles. The molecule has 0 aliphatic carbocycles. The molecule has 0 aromatic heterocycles. The third-order valence-corrected chi connectivity index (χ3v) is 8.20. The average molecular weight is 420 g/mol. The van der Waals surface area contributed by atoms with Gasteiger partial charge in [-0.05, 0) is 94.2 Å². The van der Waals surface area contributed by atoms with E-state index in [0.29, 0.717) is 12.6 Å². The molecule has 0 amide bonds. The Labute approximate surface area is 183 Å². The standard InChI is InChI=1S/C22H40B2NO5/c1-17(2)15(13-23-27-19(5,6)20(7,8)28-23)16(18(3,4)25(17)26)14-24-29-21(9,10)22(11,12)30-24/h13-14H2,1-12H3. The predicted molar refractivity (Wildman–Crippen MR) is 119 cm³/mol. The van der Waals surface area contributed by atoms with E-state index in [1.165, 1.54) is 5.06 Å². The molecule has 3 aliphatic heterocycles. The molecule has 0 bridgehead atoms. The van der Waals surface area contributed by atoms with Gasteiger partial charge in [-0.1, -0.05) is 0 Å². The minimum absolute atomic E-state index is 0.389. The fraction of sp³-hybridized carbons (Fsp3) is 0.909. The molecule has 8 heteroatoms. The van der Waals surface area contributed by atoms with E-state index < -0.39 is 33.5 Å². The van der Waals surface area contributed by atoms with Crippen molar-refractivity contribution in [2.24, 2.45) is 0 Å². The van der Waals surface area contributed by atoms with Crippen LogP contribution >= 0.6 is 0 Å². The van der Waals surface area contributed by atoms with Crippen LogP contribution < -0.4 is 0 Å². The Bertz CT molecular complexity index is 650. The summed E-state index contributed by atoms with van der Waals surface area (Å²) in [5, 5.41) is 14.5. The van der Waals surface area contributed by atoms with Crippen molar-refractivity contribution in [1.82, 2.24) is 5.06 Å². The molecule has 2 fully saturated rings. The maximum absolute atomic E-state index is 13.3. The van der Waals surface area contributed by atoms with Crippen LogP contribution in [0.25, 0.3) is 0 Å². The first-order chi connectivity index (χ1) is 13.2. The van der Waals surface area contributed by atoms with E-state index >= 15 is 0 Å². The Kier molecular flexibility index (Phi) is 5.51. The summed E-state index contributed by atoms with van der Waals surface area (Å²) in [6.45, 7) is 24.4. The summed E-state index contributed by atoms with van der Waals surface area (Å²) in [6.07, 6.45) is 1.10. The average Bonchev–Trinajstić information content (AvgIpc) is 2.92. The van der Waals surface area contributed by atoms with Crippen molar-refractivity contribution in [3.05, 3.63) is 11.1 Å². The maximum Gasteiger partial charge on any atom is 0.462 e. The van der Waals surface area contributed by atoms with E-state index in [9.17, 15) is 5.21 Å². The van der Waals surface area contributed by atoms with Crippen molar-refractivity contribution in [1.29, 1.82) is 0 Å². The number of rotatable bonds is 4. The molecule has 0 atom stereocenters. The van der Waals surface area contributed by atoms with Crippen LogP contribution in [-0.4, -0.2) is 52.8 Å². The van der Waals surface area contributed by atoms with Crippen molar-refractivity contribution >= 4 is 14.2 Å². The largest absolute Gasteiger partial charge is 0.462 e. The Morgan fingerprint density at radius 1 is 0.567 bits per heavy atom. The molecular weight excluding hydrogens is 380 g/mol.